The molecular weight excluding hydrogens is 722 g/mol. The number of benzene rings is 2. The standard InChI is InChI=1S/C40H53N7O8.H2O/c1-24(2)20-44-38(51)35(42)36(49)31(16-26-10-6-4-7-11-26)37(50)40(19-28-21-43-23-45-28,32-22-55-34-15-14-29(47(53)54)18-30(32)34)46(25(3)48)39(52)33(41)17-27-12-8-5-9-13-27;/h5,8-9,12-15,18,21,23-24,26,31-33,35-36,49H,4,6-7,10-11,16-17,19-20,22,41-42H2,1-3H3,(H,43,45)(H,44,51);1H2/t31-,32-,33-,35?,36?,40-;/m0./s1. The Hall–Kier alpha value is -5.03. The van der Waals surface area contributed by atoms with Gasteiger partial charge in [-0.3, -0.25) is 34.2 Å². The van der Waals surface area contributed by atoms with Gasteiger partial charge in [0.2, 0.25) is 17.7 Å². The van der Waals surface area contributed by atoms with Crippen molar-refractivity contribution in [2.24, 2.45) is 29.2 Å². The fourth-order valence-electron chi connectivity index (χ4n) is 8.19. The number of nitro benzene ring substituents is 1. The van der Waals surface area contributed by atoms with Gasteiger partial charge < -0.3 is 37.1 Å². The van der Waals surface area contributed by atoms with Crippen LogP contribution in [0.5, 0.6) is 5.75 Å². The van der Waals surface area contributed by atoms with Gasteiger partial charge in [0.1, 0.15) is 17.3 Å². The molecule has 0 spiro atoms. The van der Waals surface area contributed by atoms with Crippen molar-refractivity contribution in [3.63, 3.8) is 0 Å². The van der Waals surface area contributed by atoms with Gasteiger partial charge in [-0.25, -0.2) is 4.98 Å². The maximum atomic E-state index is 16.1. The summed E-state index contributed by atoms with van der Waals surface area (Å²) in [6.45, 7) is 4.99. The number of nitrogens with zero attached hydrogens (tertiary/aromatic N) is 3. The van der Waals surface area contributed by atoms with Gasteiger partial charge in [-0.2, -0.15) is 0 Å². The molecule has 2 unspecified atom stereocenters. The Labute approximate surface area is 326 Å². The van der Waals surface area contributed by atoms with Crippen molar-refractivity contribution in [3.8, 4) is 5.75 Å². The van der Waals surface area contributed by atoms with Crippen LogP contribution in [-0.4, -0.2) is 90.8 Å². The minimum Gasteiger partial charge on any atom is -0.493 e. The third kappa shape index (κ3) is 9.67. The largest absolute Gasteiger partial charge is 0.493 e. The number of aromatic nitrogens is 2. The zero-order valence-electron chi connectivity index (χ0n) is 32.2. The topological polar surface area (TPSA) is 268 Å². The van der Waals surface area contributed by atoms with E-state index in [2.05, 4.69) is 15.3 Å². The van der Waals surface area contributed by atoms with Crippen molar-refractivity contribution in [1.82, 2.24) is 20.2 Å². The molecule has 1 saturated carbocycles. The number of hydrogen-bond donors (Lipinski definition) is 5. The number of imidazole rings is 1. The maximum Gasteiger partial charge on any atom is 0.269 e. The van der Waals surface area contributed by atoms with Crippen LogP contribution in [0, 0.1) is 27.9 Å². The normalized spacial score (nSPS) is 18.6. The molecule has 6 atom stereocenters. The lowest BCUT2D eigenvalue weighted by molar-refractivity contribution is -0.384. The van der Waals surface area contributed by atoms with Gasteiger partial charge in [0.15, 0.2) is 5.78 Å². The van der Waals surface area contributed by atoms with Gasteiger partial charge in [-0.05, 0) is 36.3 Å². The van der Waals surface area contributed by atoms with E-state index in [1.807, 2.05) is 19.9 Å². The first kappa shape index (κ1) is 43.7. The number of imide groups is 1. The first-order valence-corrected chi connectivity index (χ1v) is 19.0. The Bertz CT molecular complexity index is 1820. The molecule has 3 aromatic rings. The van der Waals surface area contributed by atoms with Crippen LogP contribution in [0.25, 0.3) is 0 Å². The van der Waals surface area contributed by atoms with Crippen molar-refractivity contribution in [1.29, 1.82) is 0 Å². The number of nitrogens with one attached hydrogen (secondary N) is 2. The van der Waals surface area contributed by atoms with E-state index in [-0.39, 0.29) is 72.4 Å². The lowest BCUT2D eigenvalue weighted by Crippen LogP contribution is -2.69. The highest BCUT2D eigenvalue weighted by molar-refractivity contribution is 6.06. The predicted molar refractivity (Wildman–Crippen MR) is 207 cm³/mol. The molecule has 5 rings (SSSR count). The second-order valence-electron chi connectivity index (χ2n) is 15.4. The number of rotatable bonds is 17. The van der Waals surface area contributed by atoms with Gasteiger partial charge in [0.05, 0.1) is 41.6 Å². The van der Waals surface area contributed by atoms with E-state index in [0.717, 1.165) is 43.9 Å². The highest BCUT2D eigenvalue weighted by Crippen LogP contribution is 2.49. The van der Waals surface area contributed by atoms with Crippen molar-refractivity contribution >= 4 is 29.2 Å². The highest BCUT2D eigenvalue weighted by Gasteiger charge is 2.60. The zero-order chi connectivity index (χ0) is 39.9. The molecule has 0 radical (unpaired) electrons. The molecule has 2 aromatic carbocycles. The van der Waals surface area contributed by atoms with E-state index in [4.69, 9.17) is 16.2 Å². The van der Waals surface area contributed by atoms with Crippen LogP contribution in [0.1, 0.15) is 82.0 Å². The number of nitro groups is 1. The molecular formula is C40H55N7O9. The maximum absolute atomic E-state index is 16.1. The summed E-state index contributed by atoms with van der Waals surface area (Å²) in [6.07, 6.45) is 5.28. The molecule has 1 aliphatic heterocycles. The predicted octanol–water partition coefficient (Wildman–Crippen LogP) is 2.51. The van der Waals surface area contributed by atoms with Crippen LogP contribution in [0.4, 0.5) is 5.69 Å². The van der Waals surface area contributed by atoms with E-state index in [0.29, 0.717) is 5.56 Å². The first-order chi connectivity index (χ1) is 26.2. The van der Waals surface area contributed by atoms with Crippen LogP contribution >= 0.6 is 0 Å². The van der Waals surface area contributed by atoms with E-state index in [1.165, 1.54) is 30.7 Å². The Morgan fingerprint density at radius 3 is 2.41 bits per heavy atom. The minimum atomic E-state index is -2.22. The van der Waals surface area contributed by atoms with Gasteiger partial charge in [-0.15, -0.1) is 0 Å². The summed E-state index contributed by atoms with van der Waals surface area (Å²) in [4.78, 5) is 78.2. The van der Waals surface area contributed by atoms with Gasteiger partial charge >= 0.3 is 0 Å². The van der Waals surface area contributed by atoms with Crippen molar-refractivity contribution in [2.45, 2.75) is 102 Å². The Kier molecular flexibility index (Phi) is 15.0. The molecule has 1 aromatic heterocycles. The van der Waals surface area contributed by atoms with Crippen molar-refractivity contribution < 1.29 is 39.4 Å². The number of aliphatic hydroxyl groups is 1. The molecule has 304 valence electrons. The first-order valence-electron chi connectivity index (χ1n) is 19.0. The van der Waals surface area contributed by atoms with Crippen LogP contribution in [-0.2, 0) is 32.0 Å². The quantitative estimate of drug-likeness (QED) is 0.0982. The average molecular weight is 778 g/mol. The van der Waals surface area contributed by atoms with Gasteiger partial charge in [0, 0.05) is 49.7 Å². The lowest BCUT2D eigenvalue weighted by atomic mass is 9.66. The second kappa shape index (κ2) is 19.2. The zero-order valence-corrected chi connectivity index (χ0v) is 32.2. The van der Waals surface area contributed by atoms with Crippen LogP contribution in [0.3, 0.4) is 0 Å². The Morgan fingerprint density at radius 2 is 1.80 bits per heavy atom. The molecule has 0 saturated heterocycles. The number of amides is 3. The highest BCUT2D eigenvalue weighted by atomic mass is 16.6. The number of fused-ring (bicyclic) bond motifs is 1. The number of ketones is 1. The Balaban J connectivity index is 0.00000696. The fourth-order valence-corrected chi connectivity index (χ4v) is 8.19. The number of H-pyrrole nitrogens is 1. The van der Waals surface area contributed by atoms with Crippen LogP contribution in [0.15, 0.2) is 61.1 Å². The van der Waals surface area contributed by atoms with Crippen molar-refractivity contribution in [3.05, 3.63) is 88.0 Å². The fraction of sp³-hybridized carbons (Fsp3) is 0.525. The summed E-state index contributed by atoms with van der Waals surface area (Å²) in [6, 6.07) is 10.1. The number of aliphatic hydroxyl groups excluding tert-OH is 1. The molecule has 1 fully saturated rings. The second-order valence-corrected chi connectivity index (χ2v) is 15.4. The summed E-state index contributed by atoms with van der Waals surface area (Å²) in [5, 5.41) is 27.0. The third-order valence-electron chi connectivity index (χ3n) is 11.0. The monoisotopic (exact) mass is 777 g/mol. The molecule has 3 amide bonds. The molecule has 2 aliphatic rings. The van der Waals surface area contributed by atoms with Crippen LogP contribution < -0.4 is 21.5 Å². The number of hydrogen-bond acceptors (Lipinski definition) is 11. The number of nitrogens with two attached hydrogens (primary N) is 2. The SMILES string of the molecule is CC(=O)N(C(=O)[C@@H](N)Cc1ccccc1)[C@](Cc1c[nH]cn1)(C(=O)[C@@H](CC1CCCCC1)C(O)C(N)C(=O)NCC(C)C)[C@H]1COc2ccc([N+](=O)[O-])cc21.O. The van der Waals surface area contributed by atoms with E-state index >= 15 is 4.79 Å². The molecule has 1 aliphatic carbocycles. The minimum absolute atomic E-state index is 0. The van der Waals surface area contributed by atoms with Gasteiger partial charge in [-0.1, -0.05) is 76.3 Å². The van der Waals surface area contributed by atoms with Crippen molar-refractivity contribution in [2.75, 3.05) is 13.2 Å². The molecule has 56 heavy (non-hydrogen) atoms. The summed E-state index contributed by atoms with van der Waals surface area (Å²) in [5.74, 6) is -5.38. The summed E-state index contributed by atoms with van der Waals surface area (Å²) in [7, 11) is 0. The summed E-state index contributed by atoms with van der Waals surface area (Å²) >= 11 is 0. The average Bonchev–Trinajstić information content (AvgIpc) is 3.85. The molecule has 16 heteroatoms. The summed E-state index contributed by atoms with van der Waals surface area (Å²) in [5.41, 5.74) is 11.8. The van der Waals surface area contributed by atoms with E-state index < -0.39 is 64.0 Å². The number of carbonyl (C=O) groups is 4. The molecule has 16 nitrogen and oxygen atoms in total. The molecule has 2 heterocycles. The molecule has 0 bridgehead atoms. The van der Waals surface area contributed by atoms with Gasteiger partial charge in [0.25, 0.3) is 5.69 Å². The lowest BCUT2D eigenvalue weighted by Gasteiger charge is -2.48. The van der Waals surface area contributed by atoms with E-state index in [1.54, 1.807) is 24.3 Å². The number of carbonyl (C=O) groups excluding carboxylic acids is 4. The number of aromatic amines is 1. The Morgan fingerprint density at radius 1 is 1.11 bits per heavy atom. The molecule has 9 N–H and O–H groups in total. The smallest absolute Gasteiger partial charge is 0.269 e. The summed E-state index contributed by atoms with van der Waals surface area (Å²) < 4.78 is 6.08. The van der Waals surface area contributed by atoms with E-state index in [9.17, 15) is 29.6 Å². The number of ether oxygens (including phenoxy) is 1. The number of non-ortho nitro benzene ring substituents is 1. The van der Waals surface area contributed by atoms with Crippen LogP contribution in [0.2, 0.25) is 0 Å². The third-order valence-corrected chi connectivity index (χ3v) is 11.0. The number of Topliss-reactive ketones (excluding diaryl/α,β-unsaturated/α-hetero) is 1.